The van der Waals surface area contributed by atoms with E-state index >= 15 is 0 Å². The van der Waals surface area contributed by atoms with E-state index in [1.807, 2.05) is 19.9 Å². The molecule has 5 nitrogen and oxygen atoms in total. The third-order valence-electron chi connectivity index (χ3n) is 1.90. The van der Waals surface area contributed by atoms with E-state index in [9.17, 15) is 0 Å². The predicted octanol–water partition coefficient (Wildman–Crippen LogP) is 2.16. The lowest BCUT2D eigenvalue weighted by atomic mass is 10.5. The Bertz CT molecular complexity index is 488. The summed E-state index contributed by atoms with van der Waals surface area (Å²) in [5, 5.41) is 4.63. The number of hydrogen-bond acceptors (Lipinski definition) is 6. The molecule has 2 rings (SSSR count). The number of nitrogens with one attached hydrogen (secondary N) is 1. The molecule has 0 radical (unpaired) electrons. The topological polar surface area (TPSA) is 63.6 Å². The molecule has 0 aromatic carbocycles. The highest BCUT2D eigenvalue weighted by molar-refractivity contribution is 7.99. The molecule has 0 amide bonds. The van der Waals surface area contributed by atoms with Gasteiger partial charge < -0.3 is 5.32 Å². The second kappa shape index (κ2) is 5.58. The molecule has 2 aromatic heterocycles. The number of hydrogen-bond donors (Lipinski definition) is 1. The Morgan fingerprint density at radius 3 is 2.71 bits per heavy atom. The Morgan fingerprint density at radius 2 is 2.00 bits per heavy atom. The van der Waals surface area contributed by atoms with Gasteiger partial charge in [0.05, 0.1) is 0 Å². The Morgan fingerprint density at radius 1 is 1.24 bits per heavy atom. The second-order valence-corrected chi connectivity index (χ2v) is 4.32. The van der Waals surface area contributed by atoms with Crippen LogP contribution >= 0.6 is 11.8 Å². The Hall–Kier alpha value is -1.69. The van der Waals surface area contributed by atoms with Crippen molar-refractivity contribution in [2.75, 3.05) is 11.9 Å². The van der Waals surface area contributed by atoms with Crippen molar-refractivity contribution >= 4 is 17.7 Å². The molecule has 0 saturated carbocycles. The van der Waals surface area contributed by atoms with Crippen LogP contribution in [0.2, 0.25) is 0 Å². The van der Waals surface area contributed by atoms with Crippen molar-refractivity contribution in [3.05, 3.63) is 30.2 Å². The normalized spacial score (nSPS) is 10.2. The lowest BCUT2D eigenvalue weighted by molar-refractivity contribution is 0.946. The molecule has 2 heterocycles. The van der Waals surface area contributed by atoms with Gasteiger partial charge in [0.1, 0.15) is 5.03 Å². The summed E-state index contributed by atoms with van der Waals surface area (Å²) in [5.41, 5.74) is 0.925. The molecule has 0 bridgehead atoms. The first-order valence-electron chi connectivity index (χ1n) is 5.32. The zero-order valence-electron chi connectivity index (χ0n) is 9.71. The third-order valence-corrected chi connectivity index (χ3v) is 2.72. The van der Waals surface area contributed by atoms with Gasteiger partial charge in [-0.2, -0.15) is 0 Å². The lowest BCUT2D eigenvalue weighted by Gasteiger charge is -2.05. The maximum Gasteiger partial charge on any atom is 0.223 e. The number of aryl methyl sites for hydroxylation is 1. The van der Waals surface area contributed by atoms with Crippen LogP contribution in [0.3, 0.4) is 0 Å². The van der Waals surface area contributed by atoms with Crippen LogP contribution in [0.5, 0.6) is 0 Å². The molecule has 0 aliphatic carbocycles. The van der Waals surface area contributed by atoms with Crippen molar-refractivity contribution in [2.24, 2.45) is 0 Å². The van der Waals surface area contributed by atoms with E-state index in [4.69, 9.17) is 0 Å². The van der Waals surface area contributed by atoms with E-state index in [0.717, 1.165) is 17.3 Å². The summed E-state index contributed by atoms with van der Waals surface area (Å²) in [4.78, 5) is 17.0. The summed E-state index contributed by atoms with van der Waals surface area (Å²) in [6.07, 6.45) is 3.43. The molecule has 17 heavy (non-hydrogen) atoms. The molecular formula is C11H13N5S. The van der Waals surface area contributed by atoms with E-state index < -0.39 is 0 Å². The highest BCUT2D eigenvalue weighted by atomic mass is 32.2. The van der Waals surface area contributed by atoms with E-state index in [0.29, 0.717) is 11.1 Å². The summed E-state index contributed by atoms with van der Waals surface area (Å²) in [5.74, 6) is 0.644. The van der Waals surface area contributed by atoms with Gasteiger partial charge in [-0.3, -0.25) is 0 Å². The van der Waals surface area contributed by atoms with Gasteiger partial charge in [0.15, 0.2) is 5.16 Å². The van der Waals surface area contributed by atoms with Gasteiger partial charge in [-0.15, -0.1) is 0 Å². The number of aromatic nitrogens is 4. The van der Waals surface area contributed by atoms with Gasteiger partial charge in [-0.25, -0.2) is 19.9 Å². The first-order valence-corrected chi connectivity index (χ1v) is 6.14. The fourth-order valence-corrected chi connectivity index (χ4v) is 2.04. The summed E-state index contributed by atoms with van der Waals surface area (Å²) in [6, 6.07) is 3.71. The molecular weight excluding hydrogens is 234 g/mol. The van der Waals surface area contributed by atoms with E-state index in [1.54, 1.807) is 18.5 Å². The Balaban J connectivity index is 2.21. The van der Waals surface area contributed by atoms with Crippen molar-refractivity contribution in [3.63, 3.8) is 0 Å². The molecule has 1 N–H and O–H groups in total. The zero-order chi connectivity index (χ0) is 12.1. The lowest BCUT2D eigenvalue weighted by Crippen LogP contribution is -2.03. The van der Waals surface area contributed by atoms with Gasteiger partial charge in [0, 0.05) is 24.6 Å². The van der Waals surface area contributed by atoms with Crippen LogP contribution in [0.4, 0.5) is 5.95 Å². The van der Waals surface area contributed by atoms with Crippen LogP contribution in [-0.2, 0) is 0 Å². The largest absolute Gasteiger partial charge is 0.354 e. The molecule has 0 unspecified atom stereocenters. The number of nitrogens with zero attached hydrogens (tertiary/aromatic N) is 4. The maximum atomic E-state index is 4.38. The number of rotatable bonds is 4. The quantitative estimate of drug-likeness (QED) is 0.660. The van der Waals surface area contributed by atoms with Crippen LogP contribution in [0.1, 0.15) is 12.6 Å². The molecule has 88 valence electrons. The summed E-state index contributed by atoms with van der Waals surface area (Å²) in [7, 11) is 0. The van der Waals surface area contributed by atoms with Gasteiger partial charge in [-0.05, 0) is 37.7 Å². The molecule has 0 aliphatic heterocycles. The summed E-state index contributed by atoms with van der Waals surface area (Å²) >= 11 is 1.43. The van der Waals surface area contributed by atoms with E-state index in [-0.39, 0.29) is 0 Å². The molecule has 0 spiro atoms. The second-order valence-electron chi connectivity index (χ2n) is 3.33. The van der Waals surface area contributed by atoms with Crippen molar-refractivity contribution in [1.82, 2.24) is 19.9 Å². The Kier molecular flexibility index (Phi) is 3.87. The van der Waals surface area contributed by atoms with Gasteiger partial charge in [0.2, 0.25) is 5.95 Å². The minimum Gasteiger partial charge on any atom is -0.354 e. The van der Waals surface area contributed by atoms with Crippen LogP contribution < -0.4 is 5.32 Å². The van der Waals surface area contributed by atoms with Crippen LogP contribution in [0.25, 0.3) is 0 Å². The smallest absolute Gasteiger partial charge is 0.223 e. The average Bonchev–Trinajstić information content (AvgIpc) is 2.30. The summed E-state index contributed by atoms with van der Waals surface area (Å²) in [6.45, 7) is 4.76. The minimum atomic E-state index is 0.644. The fraction of sp³-hybridized carbons (Fsp3) is 0.273. The first kappa shape index (κ1) is 11.8. The predicted molar refractivity (Wildman–Crippen MR) is 67.1 cm³/mol. The highest BCUT2D eigenvalue weighted by Crippen LogP contribution is 2.23. The number of anilines is 1. The summed E-state index contributed by atoms with van der Waals surface area (Å²) < 4.78 is 0. The molecule has 0 fully saturated rings. The molecule has 0 aliphatic rings. The fourth-order valence-electron chi connectivity index (χ4n) is 1.26. The molecule has 6 heteroatoms. The van der Waals surface area contributed by atoms with E-state index in [2.05, 4.69) is 25.3 Å². The average molecular weight is 247 g/mol. The standard InChI is InChI=1S/C11H13N5S/c1-3-12-10-15-8(2)7-9(16-10)17-11-13-5-4-6-14-11/h4-7H,3H2,1-2H3,(H,12,15,16). The monoisotopic (exact) mass is 247 g/mol. The van der Waals surface area contributed by atoms with Crippen molar-refractivity contribution in [3.8, 4) is 0 Å². The zero-order valence-corrected chi connectivity index (χ0v) is 10.5. The van der Waals surface area contributed by atoms with Gasteiger partial charge >= 0.3 is 0 Å². The minimum absolute atomic E-state index is 0.644. The van der Waals surface area contributed by atoms with Crippen molar-refractivity contribution in [2.45, 2.75) is 24.0 Å². The SMILES string of the molecule is CCNc1nc(C)cc(Sc2ncccn2)n1. The first-order chi connectivity index (χ1) is 8.28. The van der Waals surface area contributed by atoms with E-state index in [1.165, 1.54) is 11.8 Å². The van der Waals surface area contributed by atoms with Gasteiger partial charge in [0.25, 0.3) is 0 Å². The van der Waals surface area contributed by atoms with Crippen molar-refractivity contribution in [1.29, 1.82) is 0 Å². The molecule has 2 aromatic rings. The molecule has 0 saturated heterocycles. The Labute approximate surface area is 104 Å². The molecule has 0 atom stereocenters. The third kappa shape index (κ3) is 3.39. The van der Waals surface area contributed by atoms with Crippen LogP contribution in [-0.4, -0.2) is 26.5 Å². The van der Waals surface area contributed by atoms with Crippen LogP contribution in [0, 0.1) is 6.92 Å². The maximum absolute atomic E-state index is 4.38. The van der Waals surface area contributed by atoms with Crippen LogP contribution in [0.15, 0.2) is 34.7 Å². The van der Waals surface area contributed by atoms with Crippen molar-refractivity contribution < 1.29 is 0 Å². The van der Waals surface area contributed by atoms with Gasteiger partial charge in [-0.1, -0.05) is 0 Å². The highest BCUT2D eigenvalue weighted by Gasteiger charge is 2.04.